The predicted molar refractivity (Wildman–Crippen MR) is 176 cm³/mol. The smallest absolute Gasteiger partial charge is 0.180 e. The summed E-state index contributed by atoms with van der Waals surface area (Å²) < 4.78 is 6.29. The van der Waals surface area contributed by atoms with Gasteiger partial charge in [-0.05, 0) is 63.7 Å². The third-order valence-electron chi connectivity index (χ3n) is 7.89. The lowest BCUT2D eigenvalue weighted by molar-refractivity contribution is 0.667. The Morgan fingerprint density at radius 2 is 0.837 bits per heavy atom. The van der Waals surface area contributed by atoms with E-state index < -0.39 is 0 Å². The fourth-order valence-corrected chi connectivity index (χ4v) is 5.74. The highest BCUT2D eigenvalue weighted by Gasteiger charge is 2.18. The summed E-state index contributed by atoms with van der Waals surface area (Å²) in [6.45, 7) is 0. The number of fused-ring (bicyclic) bond motifs is 3. The number of hydrogen-bond acceptors (Lipinski definition) is 3. The Labute approximate surface area is 249 Å². The number of benzene rings is 6. The van der Waals surface area contributed by atoms with Gasteiger partial charge in [-0.1, -0.05) is 127 Å². The maximum Gasteiger partial charge on any atom is 0.180 e. The number of aromatic nitrogens is 2. The van der Waals surface area contributed by atoms with E-state index in [2.05, 4.69) is 115 Å². The van der Waals surface area contributed by atoms with Crippen molar-refractivity contribution in [1.82, 2.24) is 9.97 Å². The van der Waals surface area contributed by atoms with Gasteiger partial charge in [0.1, 0.15) is 16.8 Å². The number of furan rings is 1. The molecule has 2 aromatic heterocycles. The number of hydrogen-bond donors (Lipinski definition) is 0. The van der Waals surface area contributed by atoms with Crippen LogP contribution in [0.4, 0.5) is 0 Å². The van der Waals surface area contributed by atoms with Crippen molar-refractivity contribution in [3.63, 3.8) is 0 Å². The molecule has 0 aliphatic carbocycles. The van der Waals surface area contributed by atoms with E-state index in [1.807, 2.05) is 42.5 Å². The summed E-state index contributed by atoms with van der Waals surface area (Å²) in [4.78, 5) is 10.1. The highest BCUT2D eigenvalue weighted by molar-refractivity contribution is 6.07. The van der Waals surface area contributed by atoms with Crippen LogP contribution in [-0.2, 0) is 0 Å². The second kappa shape index (κ2) is 10.6. The van der Waals surface area contributed by atoms with Crippen LogP contribution in [0.5, 0.6) is 0 Å². The zero-order valence-electron chi connectivity index (χ0n) is 23.3. The van der Waals surface area contributed by atoms with Crippen LogP contribution in [0.2, 0.25) is 0 Å². The van der Waals surface area contributed by atoms with Crippen LogP contribution < -0.4 is 0 Å². The molecule has 0 aliphatic rings. The molecule has 0 saturated heterocycles. The van der Waals surface area contributed by atoms with Crippen molar-refractivity contribution in [2.75, 3.05) is 0 Å². The molecule has 0 N–H and O–H groups in total. The molecule has 43 heavy (non-hydrogen) atoms. The third kappa shape index (κ3) is 4.67. The molecule has 2 heterocycles. The van der Waals surface area contributed by atoms with Gasteiger partial charge in [0, 0.05) is 16.5 Å². The molecule has 0 radical (unpaired) electrons. The Morgan fingerprint density at radius 3 is 1.47 bits per heavy atom. The van der Waals surface area contributed by atoms with Gasteiger partial charge in [0.25, 0.3) is 0 Å². The average Bonchev–Trinajstić information content (AvgIpc) is 3.47. The lowest BCUT2D eigenvalue weighted by atomic mass is 9.95. The topological polar surface area (TPSA) is 38.9 Å². The highest BCUT2D eigenvalue weighted by Crippen LogP contribution is 2.36. The maximum absolute atomic E-state index is 6.29. The zero-order chi connectivity index (χ0) is 28.6. The van der Waals surface area contributed by atoms with Crippen molar-refractivity contribution < 1.29 is 4.42 Å². The van der Waals surface area contributed by atoms with Crippen LogP contribution in [0.1, 0.15) is 0 Å². The van der Waals surface area contributed by atoms with E-state index in [4.69, 9.17) is 14.4 Å². The molecule has 8 aromatic rings. The first kappa shape index (κ1) is 25.0. The Balaban J connectivity index is 1.22. The van der Waals surface area contributed by atoms with Gasteiger partial charge in [0.05, 0.1) is 0 Å². The maximum atomic E-state index is 6.29. The first-order valence-electron chi connectivity index (χ1n) is 14.4. The van der Waals surface area contributed by atoms with Gasteiger partial charge in [0.15, 0.2) is 11.4 Å². The molecular weight excluding hydrogens is 524 g/mol. The second-order valence-corrected chi connectivity index (χ2v) is 10.6. The summed E-state index contributed by atoms with van der Waals surface area (Å²) in [5.74, 6) is 0.673. The number of nitrogens with zero attached hydrogens (tertiary/aromatic N) is 2. The first-order valence-corrected chi connectivity index (χ1v) is 14.4. The quantitative estimate of drug-likeness (QED) is 0.214. The summed E-state index contributed by atoms with van der Waals surface area (Å²) in [6, 6.07) is 54.6. The molecular formula is C40H26N2O. The standard InChI is InChI=1S/C40H26N2O/c1-3-12-27(13-4-1)29-16-9-17-30(24-29)31-18-10-19-32(25-31)33-20-11-21-34(26-33)40-41-37(28-14-5-2-6-15-28)39-38(42-40)35-22-7-8-23-36(35)43-39/h1-26H. The molecule has 202 valence electrons. The Bertz CT molecular complexity index is 2230. The lowest BCUT2D eigenvalue weighted by Gasteiger charge is -2.10. The molecule has 0 amide bonds. The highest BCUT2D eigenvalue weighted by atomic mass is 16.3. The van der Waals surface area contributed by atoms with Crippen LogP contribution in [-0.4, -0.2) is 9.97 Å². The molecule has 0 atom stereocenters. The van der Waals surface area contributed by atoms with E-state index in [1.165, 1.54) is 22.3 Å². The molecule has 0 bridgehead atoms. The lowest BCUT2D eigenvalue weighted by Crippen LogP contribution is -1.94. The molecule has 0 fully saturated rings. The van der Waals surface area contributed by atoms with Crippen molar-refractivity contribution in [2.45, 2.75) is 0 Å². The zero-order valence-corrected chi connectivity index (χ0v) is 23.3. The van der Waals surface area contributed by atoms with Crippen LogP contribution in [0.25, 0.3) is 78.1 Å². The van der Waals surface area contributed by atoms with Gasteiger partial charge in [-0.2, -0.15) is 0 Å². The molecule has 3 heteroatoms. The number of para-hydroxylation sites is 1. The molecule has 0 spiro atoms. The van der Waals surface area contributed by atoms with E-state index in [9.17, 15) is 0 Å². The van der Waals surface area contributed by atoms with Gasteiger partial charge in [-0.15, -0.1) is 0 Å². The van der Waals surface area contributed by atoms with Gasteiger partial charge >= 0.3 is 0 Å². The second-order valence-electron chi connectivity index (χ2n) is 10.6. The molecule has 6 aromatic carbocycles. The van der Waals surface area contributed by atoms with Gasteiger partial charge in [-0.25, -0.2) is 9.97 Å². The minimum Gasteiger partial charge on any atom is -0.452 e. The van der Waals surface area contributed by atoms with E-state index in [1.54, 1.807) is 0 Å². The van der Waals surface area contributed by atoms with Gasteiger partial charge < -0.3 is 4.42 Å². The van der Waals surface area contributed by atoms with E-state index in [0.29, 0.717) is 11.4 Å². The molecule has 0 unspecified atom stereocenters. The first-order chi connectivity index (χ1) is 21.3. The van der Waals surface area contributed by atoms with Crippen LogP contribution in [0, 0.1) is 0 Å². The molecule has 3 nitrogen and oxygen atoms in total. The van der Waals surface area contributed by atoms with Crippen LogP contribution >= 0.6 is 0 Å². The van der Waals surface area contributed by atoms with Crippen molar-refractivity contribution in [2.24, 2.45) is 0 Å². The number of rotatable bonds is 5. The summed E-state index contributed by atoms with van der Waals surface area (Å²) in [6.07, 6.45) is 0. The summed E-state index contributed by atoms with van der Waals surface area (Å²) in [5.41, 5.74) is 12.1. The summed E-state index contributed by atoms with van der Waals surface area (Å²) in [7, 11) is 0. The van der Waals surface area contributed by atoms with Crippen molar-refractivity contribution in [1.29, 1.82) is 0 Å². The minimum atomic E-state index is 0.673. The minimum absolute atomic E-state index is 0.673. The van der Waals surface area contributed by atoms with Crippen LogP contribution in [0.15, 0.2) is 162 Å². The van der Waals surface area contributed by atoms with E-state index in [0.717, 1.165) is 44.4 Å². The van der Waals surface area contributed by atoms with Crippen molar-refractivity contribution >= 4 is 22.1 Å². The van der Waals surface area contributed by atoms with Gasteiger partial charge in [-0.3, -0.25) is 0 Å². The fraction of sp³-hybridized carbons (Fsp3) is 0. The molecule has 0 saturated carbocycles. The molecule has 8 rings (SSSR count). The van der Waals surface area contributed by atoms with E-state index in [-0.39, 0.29) is 0 Å². The monoisotopic (exact) mass is 550 g/mol. The fourth-order valence-electron chi connectivity index (χ4n) is 5.74. The Hall–Kier alpha value is -5.80. The predicted octanol–water partition coefficient (Wildman–Crippen LogP) is 10.7. The van der Waals surface area contributed by atoms with E-state index >= 15 is 0 Å². The SMILES string of the molecule is c1ccc(-c2cccc(-c3cccc(-c4cccc(-c5nc(-c6ccccc6)c6oc7ccccc7c6n5)c4)c3)c2)cc1. The normalized spacial score (nSPS) is 11.3. The van der Waals surface area contributed by atoms with Crippen molar-refractivity contribution in [3.05, 3.63) is 158 Å². The molecule has 0 aliphatic heterocycles. The van der Waals surface area contributed by atoms with Crippen LogP contribution in [0.3, 0.4) is 0 Å². The van der Waals surface area contributed by atoms with Gasteiger partial charge in [0.2, 0.25) is 0 Å². The Morgan fingerprint density at radius 1 is 0.372 bits per heavy atom. The summed E-state index contributed by atoms with van der Waals surface area (Å²) >= 11 is 0. The summed E-state index contributed by atoms with van der Waals surface area (Å²) in [5, 5.41) is 0.986. The third-order valence-corrected chi connectivity index (χ3v) is 7.89. The largest absolute Gasteiger partial charge is 0.452 e. The average molecular weight is 551 g/mol. The van der Waals surface area contributed by atoms with Crippen molar-refractivity contribution in [3.8, 4) is 56.0 Å². The Kier molecular flexibility index (Phi) is 6.12.